The lowest BCUT2D eigenvalue weighted by Crippen LogP contribution is -2.30. The van der Waals surface area contributed by atoms with Crippen molar-refractivity contribution in [3.05, 3.63) is 46.9 Å². The molecule has 31 heavy (non-hydrogen) atoms. The number of nitrogens with zero attached hydrogens (tertiary/aromatic N) is 3. The summed E-state index contributed by atoms with van der Waals surface area (Å²) in [4.78, 5) is 15.4. The van der Waals surface area contributed by atoms with E-state index < -0.39 is 10.0 Å². The zero-order valence-corrected chi connectivity index (χ0v) is 18.6. The van der Waals surface area contributed by atoms with E-state index >= 15 is 0 Å². The summed E-state index contributed by atoms with van der Waals surface area (Å²) in [5, 5.41) is 8.35. The van der Waals surface area contributed by atoms with Crippen molar-refractivity contribution < 1.29 is 8.42 Å². The van der Waals surface area contributed by atoms with E-state index in [-0.39, 0.29) is 15.9 Å². The lowest BCUT2D eigenvalue weighted by Gasteiger charge is -2.19. The fourth-order valence-electron chi connectivity index (χ4n) is 4.17. The molecule has 1 aliphatic carbocycles. The maximum Gasteiger partial charge on any atom is 0.261 e. The van der Waals surface area contributed by atoms with Crippen LogP contribution in [-0.2, 0) is 16.6 Å². The Balaban J connectivity index is 1.41. The van der Waals surface area contributed by atoms with E-state index in [4.69, 9.17) is 0 Å². The van der Waals surface area contributed by atoms with Crippen LogP contribution in [0.1, 0.15) is 33.1 Å². The Hall–Kier alpha value is -2.65. The number of hydrogen-bond acceptors (Lipinski definition) is 5. The van der Waals surface area contributed by atoms with E-state index in [1.807, 2.05) is 10.7 Å². The molecule has 1 aromatic carbocycles. The maximum absolute atomic E-state index is 13.0. The zero-order valence-electron chi connectivity index (χ0n) is 17.8. The maximum atomic E-state index is 13.0. The van der Waals surface area contributed by atoms with Crippen molar-refractivity contribution in [2.45, 2.75) is 44.6 Å². The molecule has 1 saturated carbocycles. The number of fused-ring (bicyclic) bond motifs is 1. The van der Waals surface area contributed by atoms with E-state index in [9.17, 15) is 13.2 Å². The van der Waals surface area contributed by atoms with E-state index in [0.29, 0.717) is 35.9 Å². The number of rotatable bonds is 6. The van der Waals surface area contributed by atoms with Gasteiger partial charge in [0.05, 0.1) is 10.4 Å². The largest absolute Gasteiger partial charge is 0.338 e. The highest BCUT2D eigenvalue weighted by Gasteiger charge is 2.36. The molecule has 8 nitrogen and oxygen atoms in total. The second kappa shape index (κ2) is 7.20. The van der Waals surface area contributed by atoms with Crippen LogP contribution in [0.5, 0.6) is 0 Å². The highest BCUT2D eigenvalue weighted by atomic mass is 32.2. The number of H-pyrrole nitrogens is 1. The Bertz CT molecular complexity index is 1290. The van der Waals surface area contributed by atoms with Gasteiger partial charge in [-0.2, -0.15) is 9.40 Å². The Labute approximate surface area is 181 Å². The quantitative estimate of drug-likeness (QED) is 0.611. The van der Waals surface area contributed by atoms with Gasteiger partial charge in [0.25, 0.3) is 5.56 Å². The van der Waals surface area contributed by atoms with Crippen LogP contribution in [0.4, 0.5) is 11.5 Å². The van der Waals surface area contributed by atoms with Crippen molar-refractivity contribution >= 4 is 32.4 Å². The van der Waals surface area contributed by atoms with E-state index in [2.05, 4.69) is 29.2 Å². The summed E-state index contributed by atoms with van der Waals surface area (Å²) in [7, 11) is -3.51. The van der Waals surface area contributed by atoms with Gasteiger partial charge in [0.1, 0.15) is 5.39 Å². The number of aromatic amines is 1. The first kappa shape index (κ1) is 20.3. The topological polar surface area (TPSA) is 100 Å². The Morgan fingerprint density at radius 2 is 1.94 bits per heavy atom. The molecule has 0 bridgehead atoms. The van der Waals surface area contributed by atoms with E-state index in [1.54, 1.807) is 34.8 Å². The number of pyridine rings is 1. The second-order valence-corrected chi connectivity index (χ2v) is 11.4. The number of benzene rings is 1. The lowest BCUT2D eigenvalue weighted by atomic mass is 9.93. The lowest BCUT2D eigenvalue weighted by molar-refractivity contribution is 0.375. The molecule has 0 spiro atoms. The van der Waals surface area contributed by atoms with Gasteiger partial charge < -0.3 is 10.3 Å². The van der Waals surface area contributed by atoms with Crippen molar-refractivity contribution in [2.24, 2.45) is 11.3 Å². The highest BCUT2D eigenvalue weighted by Crippen LogP contribution is 2.34. The molecule has 1 saturated heterocycles. The van der Waals surface area contributed by atoms with Gasteiger partial charge in [-0.25, -0.2) is 8.42 Å². The zero-order chi connectivity index (χ0) is 21.8. The van der Waals surface area contributed by atoms with Crippen molar-refractivity contribution in [1.82, 2.24) is 19.1 Å². The minimum absolute atomic E-state index is 0.00195. The van der Waals surface area contributed by atoms with Crippen LogP contribution in [0.15, 0.2) is 46.2 Å². The van der Waals surface area contributed by atoms with Gasteiger partial charge in [-0.1, -0.05) is 13.8 Å². The van der Waals surface area contributed by atoms with Crippen LogP contribution in [0.3, 0.4) is 0 Å². The Morgan fingerprint density at radius 3 is 2.58 bits per heavy atom. The molecule has 3 heterocycles. The van der Waals surface area contributed by atoms with Crippen LogP contribution in [-0.4, -0.2) is 40.6 Å². The van der Waals surface area contributed by atoms with Crippen molar-refractivity contribution in [1.29, 1.82) is 0 Å². The first-order valence-corrected chi connectivity index (χ1v) is 12.1. The molecule has 2 aliphatic rings. The average molecular weight is 442 g/mol. The standard InChI is InChI=1S/C22H27N5O3S/c1-22(2)10-12-26(14-22)31(29,30)17-7-5-16(6-8-17)24-20-19-18(9-11-23-21(19)28)27(25-20)13-15-3-4-15/h5-9,11,15H,3-4,10,12-14H2,1-2H3,(H,23,28)(H,24,25). The third kappa shape index (κ3) is 3.87. The molecule has 3 aromatic rings. The highest BCUT2D eigenvalue weighted by molar-refractivity contribution is 7.89. The molecule has 5 rings (SSSR count). The molecule has 2 aromatic heterocycles. The van der Waals surface area contributed by atoms with Crippen molar-refractivity contribution in [3.8, 4) is 0 Å². The predicted octanol–water partition coefficient (Wildman–Crippen LogP) is 3.30. The molecule has 0 atom stereocenters. The van der Waals surface area contributed by atoms with Gasteiger partial charge in [0.15, 0.2) is 5.82 Å². The molecule has 0 unspecified atom stereocenters. The van der Waals surface area contributed by atoms with Gasteiger partial charge in [0, 0.05) is 31.5 Å². The monoisotopic (exact) mass is 441 g/mol. The van der Waals surface area contributed by atoms with Crippen LogP contribution in [0, 0.1) is 11.3 Å². The van der Waals surface area contributed by atoms with Gasteiger partial charge in [-0.05, 0) is 60.9 Å². The number of anilines is 2. The summed E-state index contributed by atoms with van der Waals surface area (Å²) in [6, 6.07) is 8.52. The molecule has 2 fully saturated rings. The van der Waals surface area contributed by atoms with Crippen LogP contribution < -0.4 is 10.9 Å². The first-order valence-electron chi connectivity index (χ1n) is 10.7. The Kier molecular flexibility index (Phi) is 4.71. The molecule has 0 amide bonds. The van der Waals surface area contributed by atoms with Gasteiger partial charge in [0.2, 0.25) is 10.0 Å². The summed E-state index contributed by atoms with van der Waals surface area (Å²) in [6.07, 6.45) is 4.88. The third-order valence-electron chi connectivity index (χ3n) is 6.20. The number of aromatic nitrogens is 3. The summed E-state index contributed by atoms with van der Waals surface area (Å²) in [5.74, 6) is 1.10. The molecule has 0 radical (unpaired) electrons. The average Bonchev–Trinajstić information content (AvgIpc) is 3.36. The number of sulfonamides is 1. The predicted molar refractivity (Wildman–Crippen MR) is 120 cm³/mol. The van der Waals surface area contributed by atoms with Crippen molar-refractivity contribution in [2.75, 3.05) is 18.4 Å². The minimum atomic E-state index is -3.51. The normalized spacial score (nSPS) is 19.2. The summed E-state index contributed by atoms with van der Waals surface area (Å²) in [5.41, 5.74) is 1.29. The Morgan fingerprint density at radius 1 is 1.19 bits per heavy atom. The van der Waals surface area contributed by atoms with Gasteiger partial charge in [-0.3, -0.25) is 9.48 Å². The fraction of sp³-hybridized carbons (Fsp3) is 0.455. The van der Waals surface area contributed by atoms with Gasteiger partial charge >= 0.3 is 0 Å². The molecule has 2 N–H and O–H groups in total. The van der Waals surface area contributed by atoms with Gasteiger partial charge in [-0.15, -0.1) is 0 Å². The fourth-order valence-corrected chi connectivity index (χ4v) is 5.80. The van der Waals surface area contributed by atoms with Crippen molar-refractivity contribution in [3.63, 3.8) is 0 Å². The number of nitrogens with one attached hydrogen (secondary N) is 2. The molecule has 9 heteroatoms. The summed E-state index contributed by atoms with van der Waals surface area (Å²) in [6.45, 7) is 6.05. The van der Waals surface area contributed by atoms with Crippen LogP contribution in [0.2, 0.25) is 0 Å². The van der Waals surface area contributed by atoms with Crippen LogP contribution in [0.25, 0.3) is 10.9 Å². The van der Waals surface area contributed by atoms with E-state index in [1.165, 1.54) is 12.8 Å². The summed E-state index contributed by atoms with van der Waals surface area (Å²) >= 11 is 0. The second-order valence-electron chi connectivity index (χ2n) is 9.44. The smallest absolute Gasteiger partial charge is 0.261 e. The molecule has 1 aliphatic heterocycles. The molecular formula is C22H27N5O3S. The summed E-state index contributed by atoms with van der Waals surface area (Å²) < 4.78 is 29.4. The number of hydrogen-bond donors (Lipinski definition) is 2. The minimum Gasteiger partial charge on any atom is -0.338 e. The third-order valence-corrected chi connectivity index (χ3v) is 8.06. The first-order chi connectivity index (χ1) is 14.7. The van der Waals surface area contributed by atoms with E-state index in [0.717, 1.165) is 18.5 Å². The molecule has 164 valence electrons. The molecular weight excluding hydrogens is 414 g/mol. The SMILES string of the molecule is CC1(C)CCN(S(=O)(=O)c2ccc(Nc3nn(CC4CC4)c4cc[nH]c(=O)c34)cc2)C1. The van der Waals surface area contributed by atoms with Crippen LogP contribution >= 0.6 is 0 Å².